The van der Waals surface area contributed by atoms with E-state index in [2.05, 4.69) is 5.32 Å². The largest absolute Gasteiger partial charge is 0.382 e. The standard InChI is InChI=1S/C19H28N2O4S/c1-2-25-15-6-12-20-19(22)18-9-13-21(14-10-18)26(23,24)16-11-17-7-4-3-5-8-17/h3-5,7-8,11,16,18H,2,6,9-10,12-15H2,1H3,(H,20,22)/b16-11+. The van der Waals surface area contributed by atoms with Crippen LogP contribution in [0.1, 0.15) is 31.7 Å². The third kappa shape index (κ3) is 6.55. The van der Waals surface area contributed by atoms with Crippen molar-refractivity contribution in [2.24, 2.45) is 5.92 Å². The summed E-state index contributed by atoms with van der Waals surface area (Å²) in [5, 5.41) is 4.16. The Balaban J connectivity index is 1.78. The molecule has 0 atom stereocenters. The predicted octanol–water partition coefficient (Wildman–Crippen LogP) is 2.24. The van der Waals surface area contributed by atoms with Crippen molar-refractivity contribution in [2.45, 2.75) is 26.2 Å². The molecule has 0 bridgehead atoms. The molecule has 1 aliphatic rings. The van der Waals surface area contributed by atoms with Crippen LogP contribution in [0.2, 0.25) is 0 Å². The van der Waals surface area contributed by atoms with Crippen LogP contribution >= 0.6 is 0 Å². The van der Waals surface area contributed by atoms with Crippen LogP contribution in [0, 0.1) is 5.92 Å². The first-order valence-electron chi connectivity index (χ1n) is 9.11. The summed E-state index contributed by atoms with van der Waals surface area (Å²) in [5.41, 5.74) is 0.845. The summed E-state index contributed by atoms with van der Waals surface area (Å²) in [5.74, 6) is -0.106. The Morgan fingerprint density at radius 3 is 2.62 bits per heavy atom. The van der Waals surface area contributed by atoms with Gasteiger partial charge >= 0.3 is 0 Å². The van der Waals surface area contributed by atoms with E-state index >= 15 is 0 Å². The number of hydrogen-bond acceptors (Lipinski definition) is 4. The maximum atomic E-state index is 12.4. The fourth-order valence-electron chi connectivity index (χ4n) is 2.86. The van der Waals surface area contributed by atoms with Gasteiger partial charge in [0.1, 0.15) is 0 Å². The summed E-state index contributed by atoms with van der Waals surface area (Å²) < 4.78 is 31.6. The van der Waals surface area contributed by atoms with Gasteiger partial charge in [0.15, 0.2) is 0 Å². The summed E-state index contributed by atoms with van der Waals surface area (Å²) in [6.45, 7) is 4.60. The van der Waals surface area contributed by atoms with E-state index in [1.807, 2.05) is 37.3 Å². The van der Waals surface area contributed by atoms with Crippen LogP contribution in [0.15, 0.2) is 35.7 Å². The second-order valence-electron chi connectivity index (χ2n) is 6.27. The molecule has 6 nitrogen and oxygen atoms in total. The van der Waals surface area contributed by atoms with E-state index in [1.54, 1.807) is 6.08 Å². The summed E-state index contributed by atoms with van der Waals surface area (Å²) >= 11 is 0. The summed E-state index contributed by atoms with van der Waals surface area (Å²) in [6, 6.07) is 9.33. The first-order chi connectivity index (χ1) is 12.5. The minimum Gasteiger partial charge on any atom is -0.382 e. The fourth-order valence-corrected chi connectivity index (χ4v) is 4.08. The minimum atomic E-state index is -3.45. The van der Waals surface area contributed by atoms with Crippen LogP contribution < -0.4 is 5.32 Å². The van der Waals surface area contributed by atoms with Gasteiger partial charge in [-0.1, -0.05) is 30.3 Å². The minimum absolute atomic E-state index is 0.0124. The number of ether oxygens (including phenoxy) is 1. The van der Waals surface area contributed by atoms with E-state index in [0.29, 0.717) is 45.7 Å². The van der Waals surface area contributed by atoms with Crippen molar-refractivity contribution >= 4 is 22.0 Å². The highest BCUT2D eigenvalue weighted by atomic mass is 32.2. The number of piperidine rings is 1. The second-order valence-corrected chi connectivity index (χ2v) is 8.09. The van der Waals surface area contributed by atoms with Gasteiger partial charge in [0.05, 0.1) is 0 Å². The van der Waals surface area contributed by atoms with E-state index < -0.39 is 10.0 Å². The third-order valence-electron chi connectivity index (χ3n) is 4.39. The Bertz CT molecular complexity index is 681. The number of nitrogens with one attached hydrogen (secondary N) is 1. The quantitative estimate of drug-likeness (QED) is 0.667. The smallest absolute Gasteiger partial charge is 0.236 e. The first-order valence-corrected chi connectivity index (χ1v) is 10.6. The maximum absolute atomic E-state index is 12.4. The maximum Gasteiger partial charge on any atom is 0.236 e. The van der Waals surface area contributed by atoms with E-state index in [1.165, 1.54) is 9.71 Å². The highest BCUT2D eigenvalue weighted by molar-refractivity contribution is 7.92. The molecule has 1 amide bonds. The lowest BCUT2D eigenvalue weighted by Gasteiger charge is -2.29. The van der Waals surface area contributed by atoms with Crippen molar-refractivity contribution in [3.63, 3.8) is 0 Å². The van der Waals surface area contributed by atoms with Gasteiger partial charge in [0.2, 0.25) is 15.9 Å². The molecule has 0 aliphatic carbocycles. The number of hydrogen-bond donors (Lipinski definition) is 1. The molecule has 26 heavy (non-hydrogen) atoms. The van der Waals surface area contributed by atoms with Crippen LogP contribution in [0.25, 0.3) is 6.08 Å². The molecule has 0 aromatic heterocycles. The normalized spacial score (nSPS) is 16.8. The summed E-state index contributed by atoms with van der Waals surface area (Å²) in [4.78, 5) is 12.2. The molecule has 1 aromatic rings. The molecule has 1 aliphatic heterocycles. The number of amides is 1. The lowest BCUT2D eigenvalue weighted by molar-refractivity contribution is -0.126. The monoisotopic (exact) mass is 380 g/mol. The Morgan fingerprint density at radius 1 is 1.27 bits per heavy atom. The number of sulfonamides is 1. The number of rotatable bonds is 9. The van der Waals surface area contributed by atoms with Gasteiger partial charge < -0.3 is 10.1 Å². The van der Waals surface area contributed by atoms with E-state index in [0.717, 1.165) is 12.0 Å². The van der Waals surface area contributed by atoms with Crippen molar-refractivity contribution in [3.8, 4) is 0 Å². The van der Waals surface area contributed by atoms with Crippen LogP contribution in [-0.4, -0.2) is 51.5 Å². The van der Waals surface area contributed by atoms with Gasteiger partial charge in [-0.2, -0.15) is 4.31 Å². The lowest BCUT2D eigenvalue weighted by atomic mass is 9.97. The fraction of sp³-hybridized carbons (Fsp3) is 0.526. The Morgan fingerprint density at radius 2 is 1.96 bits per heavy atom. The molecule has 2 rings (SSSR count). The number of benzene rings is 1. The lowest BCUT2D eigenvalue weighted by Crippen LogP contribution is -2.42. The molecule has 1 saturated heterocycles. The van der Waals surface area contributed by atoms with E-state index in [9.17, 15) is 13.2 Å². The third-order valence-corrected chi connectivity index (χ3v) is 5.95. The summed E-state index contributed by atoms with van der Waals surface area (Å²) in [6.07, 6.45) is 3.50. The van der Waals surface area contributed by atoms with Gasteiger partial charge in [-0.3, -0.25) is 4.79 Å². The zero-order valence-electron chi connectivity index (χ0n) is 15.3. The van der Waals surface area contributed by atoms with Gasteiger partial charge in [0, 0.05) is 44.2 Å². The molecule has 0 spiro atoms. The zero-order chi connectivity index (χ0) is 18.8. The molecular formula is C19H28N2O4S. The molecule has 0 radical (unpaired) electrons. The van der Waals surface area contributed by atoms with Crippen LogP contribution in [-0.2, 0) is 19.6 Å². The first kappa shape index (κ1) is 20.6. The average molecular weight is 381 g/mol. The highest BCUT2D eigenvalue weighted by Crippen LogP contribution is 2.21. The Kier molecular flexibility index (Phi) is 8.28. The van der Waals surface area contributed by atoms with Gasteiger partial charge in [-0.25, -0.2) is 8.42 Å². The number of nitrogens with zero attached hydrogens (tertiary/aromatic N) is 1. The zero-order valence-corrected chi connectivity index (χ0v) is 16.1. The molecule has 1 aromatic carbocycles. The van der Waals surface area contributed by atoms with Crippen molar-refractivity contribution in [1.29, 1.82) is 0 Å². The van der Waals surface area contributed by atoms with E-state index in [4.69, 9.17) is 4.74 Å². The van der Waals surface area contributed by atoms with E-state index in [-0.39, 0.29) is 11.8 Å². The molecule has 0 unspecified atom stereocenters. The molecule has 1 heterocycles. The molecular weight excluding hydrogens is 352 g/mol. The number of carbonyl (C=O) groups excluding carboxylic acids is 1. The number of carbonyl (C=O) groups is 1. The van der Waals surface area contributed by atoms with Crippen LogP contribution in [0.3, 0.4) is 0 Å². The summed E-state index contributed by atoms with van der Waals surface area (Å²) in [7, 11) is -3.45. The van der Waals surface area contributed by atoms with Crippen molar-refractivity contribution in [1.82, 2.24) is 9.62 Å². The van der Waals surface area contributed by atoms with Crippen molar-refractivity contribution < 1.29 is 17.9 Å². The second kappa shape index (κ2) is 10.4. The van der Waals surface area contributed by atoms with Gasteiger partial charge in [0.25, 0.3) is 0 Å². The van der Waals surface area contributed by atoms with Crippen molar-refractivity contribution in [2.75, 3.05) is 32.8 Å². The molecule has 0 saturated carbocycles. The highest BCUT2D eigenvalue weighted by Gasteiger charge is 2.29. The van der Waals surface area contributed by atoms with Crippen molar-refractivity contribution in [3.05, 3.63) is 41.3 Å². The molecule has 1 N–H and O–H groups in total. The molecule has 7 heteroatoms. The molecule has 1 fully saturated rings. The average Bonchev–Trinajstić information content (AvgIpc) is 2.67. The van der Waals surface area contributed by atoms with Gasteiger partial charge in [-0.15, -0.1) is 0 Å². The van der Waals surface area contributed by atoms with Crippen LogP contribution in [0.5, 0.6) is 0 Å². The predicted molar refractivity (Wildman–Crippen MR) is 103 cm³/mol. The molecule has 144 valence electrons. The van der Waals surface area contributed by atoms with Crippen LogP contribution in [0.4, 0.5) is 0 Å². The van der Waals surface area contributed by atoms with Gasteiger partial charge in [-0.05, 0) is 37.8 Å². The Hall–Kier alpha value is -1.70. The Labute approximate surface area is 156 Å². The topological polar surface area (TPSA) is 75.7 Å². The SMILES string of the molecule is CCOCCCNC(=O)C1CCN(S(=O)(=O)/C=C/c2ccccc2)CC1.